The molecule has 1 aliphatic carbocycles. The van der Waals surface area contributed by atoms with E-state index in [1.165, 1.54) is 30.4 Å². The lowest BCUT2D eigenvalue weighted by Gasteiger charge is -2.27. The Hall–Kier alpha value is -1.31. The molecule has 0 bridgehead atoms. The van der Waals surface area contributed by atoms with Gasteiger partial charge in [0.05, 0.1) is 0 Å². The van der Waals surface area contributed by atoms with Crippen molar-refractivity contribution in [3.63, 3.8) is 0 Å². The molecule has 1 nitrogen and oxygen atoms in total. The first kappa shape index (κ1) is 14.6. The average Bonchev–Trinajstić information content (AvgIpc) is 2.53. The summed E-state index contributed by atoms with van der Waals surface area (Å²) in [7, 11) is 0. The van der Waals surface area contributed by atoms with Gasteiger partial charge in [0, 0.05) is 17.6 Å². The van der Waals surface area contributed by atoms with E-state index in [0.29, 0.717) is 12.0 Å². The first-order chi connectivity index (χ1) is 10.2. The number of aryl methyl sites for hydroxylation is 1. The standard InChI is InChI=1S/C19H22ClN/c1-14(15-9-11-18(20)12-10-15)21-13-17-7-4-6-16-5-2-3-8-19(16)17/h2-3,5,8-12,14,17,21H,4,6-7,13H2,1H3. The maximum atomic E-state index is 5.95. The van der Waals surface area contributed by atoms with E-state index in [-0.39, 0.29) is 0 Å². The van der Waals surface area contributed by atoms with Gasteiger partial charge in [-0.15, -0.1) is 0 Å². The van der Waals surface area contributed by atoms with Gasteiger partial charge in [-0.2, -0.15) is 0 Å². The van der Waals surface area contributed by atoms with Gasteiger partial charge in [-0.3, -0.25) is 0 Å². The van der Waals surface area contributed by atoms with Crippen molar-refractivity contribution in [1.29, 1.82) is 0 Å². The van der Waals surface area contributed by atoms with Crippen LogP contribution in [0.5, 0.6) is 0 Å². The van der Waals surface area contributed by atoms with E-state index in [1.54, 1.807) is 5.56 Å². The maximum absolute atomic E-state index is 5.95. The predicted octanol–water partition coefficient (Wildman–Crippen LogP) is 5.11. The Labute approximate surface area is 132 Å². The average molecular weight is 300 g/mol. The van der Waals surface area contributed by atoms with Crippen molar-refractivity contribution in [2.75, 3.05) is 6.54 Å². The first-order valence-corrected chi connectivity index (χ1v) is 8.18. The SMILES string of the molecule is CC(NCC1CCCc2ccccc21)c1ccc(Cl)cc1. The number of rotatable bonds is 4. The normalized spacial score (nSPS) is 19.0. The van der Waals surface area contributed by atoms with Crippen molar-refractivity contribution < 1.29 is 0 Å². The molecule has 2 unspecified atom stereocenters. The van der Waals surface area contributed by atoms with Gasteiger partial charge in [-0.05, 0) is 60.9 Å². The predicted molar refractivity (Wildman–Crippen MR) is 90.0 cm³/mol. The second-order valence-corrected chi connectivity index (χ2v) is 6.41. The Bertz CT molecular complexity index is 591. The van der Waals surface area contributed by atoms with Gasteiger partial charge in [0.25, 0.3) is 0 Å². The zero-order valence-electron chi connectivity index (χ0n) is 12.5. The van der Waals surface area contributed by atoms with Crippen LogP contribution >= 0.6 is 11.6 Å². The van der Waals surface area contributed by atoms with Crippen molar-refractivity contribution >= 4 is 11.6 Å². The van der Waals surface area contributed by atoms with Crippen LogP contribution in [0, 0.1) is 0 Å². The Balaban J connectivity index is 1.64. The molecule has 2 atom stereocenters. The Morgan fingerprint density at radius 1 is 1.14 bits per heavy atom. The highest BCUT2D eigenvalue weighted by Gasteiger charge is 2.20. The molecule has 2 aromatic carbocycles. The lowest BCUT2D eigenvalue weighted by Crippen LogP contribution is -2.26. The number of hydrogen-bond acceptors (Lipinski definition) is 1. The van der Waals surface area contributed by atoms with Crippen molar-refractivity contribution in [2.24, 2.45) is 0 Å². The zero-order chi connectivity index (χ0) is 14.7. The van der Waals surface area contributed by atoms with Crippen LogP contribution in [0.3, 0.4) is 0 Å². The second-order valence-electron chi connectivity index (χ2n) is 5.97. The summed E-state index contributed by atoms with van der Waals surface area (Å²) in [5, 5.41) is 4.48. The number of halogens is 1. The van der Waals surface area contributed by atoms with Gasteiger partial charge in [0.2, 0.25) is 0 Å². The van der Waals surface area contributed by atoms with Crippen molar-refractivity contribution in [3.05, 3.63) is 70.2 Å². The quantitative estimate of drug-likeness (QED) is 0.827. The van der Waals surface area contributed by atoms with Gasteiger partial charge in [0.15, 0.2) is 0 Å². The van der Waals surface area contributed by atoms with Crippen LogP contribution in [0.15, 0.2) is 48.5 Å². The summed E-state index contributed by atoms with van der Waals surface area (Å²) >= 11 is 5.95. The van der Waals surface area contributed by atoms with Gasteiger partial charge in [-0.25, -0.2) is 0 Å². The Morgan fingerprint density at radius 2 is 1.90 bits per heavy atom. The zero-order valence-corrected chi connectivity index (χ0v) is 13.2. The molecule has 3 rings (SSSR count). The second kappa shape index (κ2) is 6.64. The third-order valence-corrected chi connectivity index (χ3v) is 4.79. The Morgan fingerprint density at radius 3 is 2.71 bits per heavy atom. The van der Waals surface area contributed by atoms with E-state index >= 15 is 0 Å². The molecule has 2 aromatic rings. The fourth-order valence-electron chi connectivity index (χ4n) is 3.25. The van der Waals surface area contributed by atoms with E-state index in [0.717, 1.165) is 11.6 Å². The third-order valence-electron chi connectivity index (χ3n) is 4.53. The molecule has 0 amide bonds. The molecule has 0 aliphatic heterocycles. The lowest BCUT2D eigenvalue weighted by atomic mass is 9.82. The summed E-state index contributed by atoms with van der Waals surface area (Å²) in [4.78, 5) is 0. The molecule has 0 heterocycles. The summed E-state index contributed by atoms with van der Waals surface area (Å²) < 4.78 is 0. The molecular weight excluding hydrogens is 278 g/mol. The smallest absolute Gasteiger partial charge is 0.0406 e. The summed E-state index contributed by atoms with van der Waals surface area (Å²) in [6.45, 7) is 3.26. The van der Waals surface area contributed by atoms with Crippen LogP contribution in [0.2, 0.25) is 5.02 Å². The fraction of sp³-hybridized carbons (Fsp3) is 0.368. The van der Waals surface area contributed by atoms with E-state index in [4.69, 9.17) is 11.6 Å². The number of fused-ring (bicyclic) bond motifs is 1. The fourth-order valence-corrected chi connectivity index (χ4v) is 3.38. The minimum atomic E-state index is 0.358. The van der Waals surface area contributed by atoms with Crippen LogP contribution < -0.4 is 5.32 Å². The molecule has 1 aliphatic rings. The van der Waals surface area contributed by atoms with Crippen LogP contribution in [-0.2, 0) is 6.42 Å². The molecule has 0 radical (unpaired) electrons. The van der Waals surface area contributed by atoms with E-state index in [2.05, 4.69) is 48.6 Å². The van der Waals surface area contributed by atoms with E-state index in [9.17, 15) is 0 Å². The molecule has 21 heavy (non-hydrogen) atoms. The van der Waals surface area contributed by atoms with Crippen molar-refractivity contribution in [1.82, 2.24) is 5.32 Å². The molecular formula is C19H22ClN. The topological polar surface area (TPSA) is 12.0 Å². The molecule has 110 valence electrons. The minimum Gasteiger partial charge on any atom is -0.310 e. The third kappa shape index (κ3) is 3.48. The highest BCUT2D eigenvalue weighted by molar-refractivity contribution is 6.30. The molecule has 2 heteroatoms. The summed E-state index contributed by atoms with van der Waals surface area (Å²) in [6, 6.07) is 17.4. The van der Waals surface area contributed by atoms with Crippen LogP contribution in [0.4, 0.5) is 0 Å². The van der Waals surface area contributed by atoms with Gasteiger partial charge in [0.1, 0.15) is 0 Å². The van der Waals surface area contributed by atoms with Gasteiger partial charge in [-0.1, -0.05) is 48.0 Å². The van der Waals surface area contributed by atoms with Crippen molar-refractivity contribution in [2.45, 2.75) is 38.1 Å². The highest BCUT2D eigenvalue weighted by atomic mass is 35.5. The maximum Gasteiger partial charge on any atom is 0.0406 e. The molecule has 0 fully saturated rings. The largest absolute Gasteiger partial charge is 0.310 e. The van der Waals surface area contributed by atoms with Crippen LogP contribution in [-0.4, -0.2) is 6.54 Å². The molecule has 1 N–H and O–H groups in total. The minimum absolute atomic E-state index is 0.358. The van der Waals surface area contributed by atoms with Gasteiger partial charge < -0.3 is 5.32 Å². The molecule has 0 saturated heterocycles. The number of hydrogen-bond donors (Lipinski definition) is 1. The van der Waals surface area contributed by atoms with Gasteiger partial charge >= 0.3 is 0 Å². The Kier molecular flexibility index (Phi) is 4.62. The van der Waals surface area contributed by atoms with Crippen LogP contribution in [0.1, 0.15) is 48.4 Å². The highest BCUT2D eigenvalue weighted by Crippen LogP contribution is 2.31. The number of nitrogens with one attached hydrogen (secondary N) is 1. The summed E-state index contributed by atoms with van der Waals surface area (Å²) in [6.07, 6.45) is 3.83. The van der Waals surface area contributed by atoms with Crippen molar-refractivity contribution in [3.8, 4) is 0 Å². The molecule has 0 aromatic heterocycles. The van der Waals surface area contributed by atoms with E-state index in [1.807, 2.05) is 12.1 Å². The summed E-state index contributed by atoms with van der Waals surface area (Å²) in [5.41, 5.74) is 4.37. The monoisotopic (exact) mass is 299 g/mol. The van der Waals surface area contributed by atoms with Crippen LogP contribution in [0.25, 0.3) is 0 Å². The lowest BCUT2D eigenvalue weighted by molar-refractivity contribution is 0.473. The first-order valence-electron chi connectivity index (χ1n) is 7.80. The molecule has 0 saturated carbocycles. The summed E-state index contributed by atoms with van der Waals surface area (Å²) in [5.74, 6) is 0.643. The van der Waals surface area contributed by atoms with E-state index < -0.39 is 0 Å². The molecule has 0 spiro atoms. The number of benzene rings is 2.